The van der Waals surface area contributed by atoms with Crippen LogP contribution in [-0.2, 0) is 16.1 Å². The lowest BCUT2D eigenvalue weighted by atomic mass is 10.1. The van der Waals surface area contributed by atoms with Crippen molar-refractivity contribution in [2.45, 2.75) is 38.3 Å². The maximum absolute atomic E-state index is 12.5. The van der Waals surface area contributed by atoms with E-state index in [1.807, 2.05) is 30.3 Å². The topological polar surface area (TPSA) is 40.6 Å². The summed E-state index contributed by atoms with van der Waals surface area (Å²) in [6, 6.07) is 9.49. The average molecular weight is 272 g/mol. The van der Waals surface area contributed by atoms with Gasteiger partial charge in [0, 0.05) is 0 Å². The molecular formula is C16H20N2O2. The number of imide groups is 1. The summed E-state index contributed by atoms with van der Waals surface area (Å²) in [6.45, 7) is 2.30. The molecule has 0 bridgehead atoms. The van der Waals surface area contributed by atoms with E-state index in [0.717, 1.165) is 31.5 Å². The first-order valence-corrected chi connectivity index (χ1v) is 7.38. The molecule has 0 saturated carbocycles. The first-order chi connectivity index (χ1) is 9.75. The monoisotopic (exact) mass is 272 g/mol. The van der Waals surface area contributed by atoms with E-state index in [1.54, 1.807) is 0 Å². The van der Waals surface area contributed by atoms with Gasteiger partial charge in [-0.3, -0.25) is 19.4 Å². The number of carbonyl (C=O) groups excluding carboxylic acids is 2. The Morgan fingerprint density at radius 2 is 1.70 bits per heavy atom. The Bertz CT molecular complexity index is 494. The number of amides is 2. The normalized spacial score (nSPS) is 24.4. The van der Waals surface area contributed by atoms with Crippen LogP contribution in [0.1, 0.15) is 31.2 Å². The van der Waals surface area contributed by atoms with Crippen molar-refractivity contribution in [3.05, 3.63) is 35.9 Å². The van der Waals surface area contributed by atoms with Gasteiger partial charge in [0.15, 0.2) is 0 Å². The largest absolute Gasteiger partial charge is 0.292 e. The van der Waals surface area contributed by atoms with Crippen molar-refractivity contribution in [3.63, 3.8) is 0 Å². The fourth-order valence-electron chi connectivity index (χ4n) is 3.11. The Kier molecular flexibility index (Phi) is 3.83. The molecule has 0 radical (unpaired) electrons. The Morgan fingerprint density at radius 3 is 2.40 bits per heavy atom. The second-order valence-electron chi connectivity index (χ2n) is 5.62. The van der Waals surface area contributed by atoms with Crippen LogP contribution in [0.25, 0.3) is 0 Å². The Labute approximate surface area is 119 Å². The predicted molar refractivity (Wildman–Crippen MR) is 75.8 cm³/mol. The molecule has 4 heteroatoms. The van der Waals surface area contributed by atoms with Gasteiger partial charge in [-0.15, -0.1) is 0 Å². The third-order valence-electron chi connectivity index (χ3n) is 4.24. The molecule has 0 aliphatic carbocycles. The van der Waals surface area contributed by atoms with Crippen molar-refractivity contribution in [2.24, 2.45) is 0 Å². The van der Waals surface area contributed by atoms with Crippen molar-refractivity contribution in [1.82, 2.24) is 9.80 Å². The first kappa shape index (κ1) is 13.3. The molecule has 1 aromatic rings. The molecule has 2 amide bonds. The van der Waals surface area contributed by atoms with Crippen LogP contribution < -0.4 is 0 Å². The number of benzene rings is 1. The molecule has 106 valence electrons. The van der Waals surface area contributed by atoms with Crippen LogP contribution in [0, 0.1) is 0 Å². The van der Waals surface area contributed by atoms with Gasteiger partial charge in [0.1, 0.15) is 0 Å². The third-order valence-corrected chi connectivity index (χ3v) is 4.24. The molecule has 0 unspecified atom stereocenters. The number of rotatable bonds is 3. The highest BCUT2D eigenvalue weighted by Gasteiger charge is 2.41. The molecule has 2 aliphatic rings. The standard InChI is InChI=1S/C16H20N2O2/c19-15-11-14(17-9-5-2-6-10-17)16(20)18(15)12-13-7-3-1-4-8-13/h1,3-4,7-8,14H,2,5-6,9-12H2/t14-/m0/s1. The lowest BCUT2D eigenvalue weighted by Gasteiger charge is -2.30. The zero-order chi connectivity index (χ0) is 13.9. The third kappa shape index (κ3) is 2.61. The van der Waals surface area contributed by atoms with E-state index in [1.165, 1.54) is 11.3 Å². The van der Waals surface area contributed by atoms with Crippen LogP contribution in [0.4, 0.5) is 0 Å². The fraction of sp³-hybridized carbons (Fsp3) is 0.500. The minimum absolute atomic E-state index is 0.0132. The summed E-state index contributed by atoms with van der Waals surface area (Å²) in [5.74, 6) is -0.0461. The summed E-state index contributed by atoms with van der Waals surface area (Å²) in [7, 11) is 0. The number of hydrogen-bond acceptors (Lipinski definition) is 3. The molecule has 1 aromatic carbocycles. The van der Waals surface area contributed by atoms with Gasteiger partial charge in [-0.05, 0) is 31.5 Å². The van der Waals surface area contributed by atoms with Crippen LogP contribution >= 0.6 is 0 Å². The maximum atomic E-state index is 12.5. The van der Waals surface area contributed by atoms with Crippen LogP contribution in [0.2, 0.25) is 0 Å². The van der Waals surface area contributed by atoms with Crippen molar-refractivity contribution in [2.75, 3.05) is 13.1 Å². The minimum atomic E-state index is -0.216. The molecule has 0 N–H and O–H groups in total. The Hall–Kier alpha value is -1.68. The summed E-state index contributed by atoms with van der Waals surface area (Å²) < 4.78 is 0. The molecule has 20 heavy (non-hydrogen) atoms. The molecule has 2 saturated heterocycles. The van der Waals surface area contributed by atoms with Gasteiger partial charge >= 0.3 is 0 Å². The van der Waals surface area contributed by atoms with Gasteiger partial charge < -0.3 is 0 Å². The second-order valence-corrected chi connectivity index (χ2v) is 5.62. The minimum Gasteiger partial charge on any atom is -0.292 e. The van der Waals surface area contributed by atoms with Crippen LogP contribution in [0.3, 0.4) is 0 Å². The Balaban J connectivity index is 1.70. The summed E-state index contributed by atoms with van der Waals surface area (Å²) in [5, 5.41) is 0. The van der Waals surface area contributed by atoms with Gasteiger partial charge in [0.05, 0.1) is 19.0 Å². The van der Waals surface area contributed by atoms with Crippen molar-refractivity contribution < 1.29 is 9.59 Å². The molecule has 0 aromatic heterocycles. The second kappa shape index (κ2) is 5.75. The van der Waals surface area contributed by atoms with Crippen LogP contribution in [0.5, 0.6) is 0 Å². The molecule has 0 spiro atoms. The first-order valence-electron chi connectivity index (χ1n) is 7.38. The highest BCUT2D eigenvalue weighted by molar-refractivity contribution is 6.05. The van der Waals surface area contributed by atoms with E-state index in [2.05, 4.69) is 4.90 Å². The lowest BCUT2D eigenvalue weighted by Crippen LogP contribution is -2.44. The maximum Gasteiger partial charge on any atom is 0.247 e. The van der Waals surface area contributed by atoms with Crippen molar-refractivity contribution in [1.29, 1.82) is 0 Å². The number of carbonyl (C=O) groups is 2. The average Bonchev–Trinajstić information content (AvgIpc) is 2.77. The molecule has 2 heterocycles. The predicted octanol–water partition coefficient (Wildman–Crippen LogP) is 1.80. The SMILES string of the molecule is O=C1C[C@H](N2CCCCC2)C(=O)N1Cc1ccccc1. The fourth-order valence-corrected chi connectivity index (χ4v) is 3.11. The number of likely N-dealkylation sites (tertiary alicyclic amines) is 2. The van der Waals surface area contributed by atoms with Crippen LogP contribution in [0.15, 0.2) is 30.3 Å². The summed E-state index contributed by atoms with van der Waals surface area (Å²) in [4.78, 5) is 28.2. The summed E-state index contributed by atoms with van der Waals surface area (Å²) >= 11 is 0. The number of piperidine rings is 1. The van der Waals surface area contributed by atoms with E-state index in [4.69, 9.17) is 0 Å². The van der Waals surface area contributed by atoms with Crippen LogP contribution in [-0.4, -0.2) is 40.7 Å². The molecule has 2 aliphatic heterocycles. The summed E-state index contributed by atoms with van der Waals surface area (Å²) in [5.41, 5.74) is 1.01. The van der Waals surface area contributed by atoms with E-state index in [-0.39, 0.29) is 17.9 Å². The lowest BCUT2D eigenvalue weighted by molar-refractivity contribution is -0.140. The number of hydrogen-bond donors (Lipinski definition) is 0. The molecule has 4 nitrogen and oxygen atoms in total. The number of nitrogens with zero attached hydrogens (tertiary/aromatic N) is 2. The van der Waals surface area contributed by atoms with E-state index in [0.29, 0.717) is 13.0 Å². The molecule has 2 fully saturated rings. The van der Waals surface area contributed by atoms with Gasteiger partial charge in [-0.25, -0.2) is 0 Å². The zero-order valence-corrected chi connectivity index (χ0v) is 11.6. The molecular weight excluding hydrogens is 252 g/mol. The smallest absolute Gasteiger partial charge is 0.247 e. The Morgan fingerprint density at radius 1 is 1.00 bits per heavy atom. The van der Waals surface area contributed by atoms with E-state index in [9.17, 15) is 9.59 Å². The highest BCUT2D eigenvalue weighted by atomic mass is 16.2. The quantitative estimate of drug-likeness (QED) is 0.788. The van der Waals surface area contributed by atoms with E-state index >= 15 is 0 Å². The highest BCUT2D eigenvalue weighted by Crippen LogP contribution is 2.23. The van der Waals surface area contributed by atoms with Gasteiger partial charge in [-0.2, -0.15) is 0 Å². The van der Waals surface area contributed by atoms with Gasteiger partial charge in [-0.1, -0.05) is 36.8 Å². The molecule has 1 atom stereocenters. The van der Waals surface area contributed by atoms with Gasteiger partial charge in [0.25, 0.3) is 0 Å². The van der Waals surface area contributed by atoms with E-state index < -0.39 is 0 Å². The van der Waals surface area contributed by atoms with Crippen molar-refractivity contribution >= 4 is 11.8 Å². The molecule has 3 rings (SSSR count). The van der Waals surface area contributed by atoms with Gasteiger partial charge in [0.2, 0.25) is 11.8 Å². The zero-order valence-electron chi connectivity index (χ0n) is 11.6. The van der Waals surface area contributed by atoms with Crippen molar-refractivity contribution in [3.8, 4) is 0 Å². The summed E-state index contributed by atoms with van der Waals surface area (Å²) in [6.07, 6.45) is 3.86.